The van der Waals surface area contributed by atoms with Gasteiger partial charge in [-0.3, -0.25) is 4.79 Å². The molecule has 0 amide bonds. The van der Waals surface area contributed by atoms with Crippen molar-refractivity contribution in [2.75, 3.05) is 12.3 Å². The number of hydrogen-bond donors (Lipinski definition) is 1. The van der Waals surface area contributed by atoms with E-state index < -0.39 is 21.9 Å². The van der Waals surface area contributed by atoms with E-state index in [4.69, 9.17) is 0 Å². The van der Waals surface area contributed by atoms with Crippen molar-refractivity contribution in [2.45, 2.75) is 32.2 Å². The van der Waals surface area contributed by atoms with Crippen molar-refractivity contribution in [2.24, 2.45) is 23.7 Å². The Bertz CT molecular complexity index is 474. The van der Waals surface area contributed by atoms with E-state index in [0.29, 0.717) is 6.54 Å². The summed E-state index contributed by atoms with van der Waals surface area (Å²) < 4.78 is 25.8. The smallest absolute Gasteiger partial charge is 0.308 e. The third-order valence-corrected chi connectivity index (χ3v) is 6.93. The largest absolute Gasteiger partial charge is 0.481 e. The van der Waals surface area contributed by atoms with Crippen molar-refractivity contribution in [1.82, 2.24) is 4.31 Å². The molecule has 0 radical (unpaired) electrons. The van der Waals surface area contributed by atoms with E-state index in [-0.39, 0.29) is 29.5 Å². The number of aliphatic carboxylic acids is 1. The van der Waals surface area contributed by atoms with Crippen LogP contribution in [0.1, 0.15) is 26.2 Å². The zero-order valence-electron chi connectivity index (χ0n) is 10.4. The SMILES string of the molecule is CC1CN(C2C3CCC(C3)C2C(=O)O)S(=O)(=O)C1. The molecule has 2 bridgehead atoms. The Balaban J connectivity index is 1.93. The lowest BCUT2D eigenvalue weighted by molar-refractivity contribution is -0.145. The summed E-state index contributed by atoms with van der Waals surface area (Å²) in [6, 6.07) is -0.281. The lowest BCUT2D eigenvalue weighted by atomic mass is 9.84. The van der Waals surface area contributed by atoms with E-state index in [1.807, 2.05) is 6.92 Å². The van der Waals surface area contributed by atoms with Crippen molar-refractivity contribution in [3.05, 3.63) is 0 Å². The highest BCUT2D eigenvalue weighted by molar-refractivity contribution is 7.89. The molecule has 3 aliphatic rings. The van der Waals surface area contributed by atoms with E-state index in [9.17, 15) is 18.3 Å². The molecular formula is C12H19NO4S. The molecule has 0 spiro atoms. The summed E-state index contributed by atoms with van der Waals surface area (Å²) in [6.45, 7) is 2.42. The van der Waals surface area contributed by atoms with Gasteiger partial charge in [0.25, 0.3) is 0 Å². The molecule has 102 valence electrons. The number of hydrogen-bond acceptors (Lipinski definition) is 3. The van der Waals surface area contributed by atoms with Crippen LogP contribution in [0, 0.1) is 23.7 Å². The van der Waals surface area contributed by atoms with Gasteiger partial charge in [-0.1, -0.05) is 6.92 Å². The molecule has 0 aromatic heterocycles. The minimum atomic E-state index is -3.24. The zero-order valence-corrected chi connectivity index (χ0v) is 11.3. The average molecular weight is 273 g/mol. The van der Waals surface area contributed by atoms with Gasteiger partial charge in [0, 0.05) is 12.6 Å². The number of nitrogens with zero attached hydrogens (tertiary/aromatic N) is 1. The first-order valence-corrected chi connectivity index (χ1v) is 8.23. The molecule has 5 unspecified atom stereocenters. The fourth-order valence-corrected chi connectivity index (χ4v) is 6.43. The van der Waals surface area contributed by atoms with Crippen LogP contribution in [0.25, 0.3) is 0 Å². The summed E-state index contributed by atoms with van der Waals surface area (Å²) in [5, 5.41) is 9.38. The molecule has 0 aromatic rings. The third kappa shape index (κ3) is 1.69. The molecule has 6 heteroatoms. The first-order chi connectivity index (χ1) is 8.40. The maximum atomic E-state index is 12.1. The van der Waals surface area contributed by atoms with Gasteiger partial charge in [-0.2, -0.15) is 4.31 Å². The molecule has 1 N–H and O–H groups in total. The molecule has 1 aliphatic heterocycles. The van der Waals surface area contributed by atoms with Gasteiger partial charge in [0.2, 0.25) is 10.0 Å². The van der Waals surface area contributed by atoms with Crippen LogP contribution in [0.3, 0.4) is 0 Å². The number of sulfonamides is 1. The molecule has 2 saturated carbocycles. The summed E-state index contributed by atoms with van der Waals surface area (Å²) in [4.78, 5) is 11.4. The van der Waals surface area contributed by atoms with Gasteiger partial charge in [-0.15, -0.1) is 0 Å². The van der Waals surface area contributed by atoms with Gasteiger partial charge in [0.1, 0.15) is 0 Å². The van der Waals surface area contributed by atoms with Gasteiger partial charge in [0.05, 0.1) is 11.7 Å². The summed E-state index contributed by atoms with van der Waals surface area (Å²) in [5.74, 6) is -0.568. The fraction of sp³-hybridized carbons (Fsp3) is 0.917. The molecule has 1 heterocycles. The summed E-state index contributed by atoms with van der Waals surface area (Å²) in [7, 11) is -3.24. The Labute approximate surface area is 107 Å². The normalized spacial score (nSPS) is 46.6. The second-order valence-electron chi connectivity index (χ2n) is 6.14. The van der Waals surface area contributed by atoms with Crippen LogP contribution in [0.15, 0.2) is 0 Å². The van der Waals surface area contributed by atoms with Crippen LogP contribution in [-0.2, 0) is 14.8 Å². The second kappa shape index (κ2) is 3.93. The van der Waals surface area contributed by atoms with Crippen LogP contribution < -0.4 is 0 Å². The van der Waals surface area contributed by atoms with Crippen LogP contribution >= 0.6 is 0 Å². The van der Waals surface area contributed by atoms with E-state index in [2.05, 4.69) is 0 Å². The highest BCUT2D eigenvalue weighted by Crippen LogP contribution is 2.52. The maximum Gasteiger partial charge on any atom is 0.308 e. The number of carboxylic acids is 1. The highest BCUT2D eigenvalue weighted by Gasteiger charge is 2.56. The number of carboxylic acid groups (broad SMARTS) is 1. The molecule has 3 rings (SSSR count). The van der Waals surface area contributed by atoms with Crippen molar-refractivity contribution in [1.29, 1.82) is 0 Å². The number of fused-ring (bicyclic) bond motifs is 2. The number of carbonyl (C=O) groups is 1. The van der Waals surface area contributed by atoms with Gasteiger partial charge in [-0.25, -0.2) is 8.42 Å². The lowest BCUT2D eigenvalue weighted by Gasteiger charge is -2.34. The molecule has 0 aromatic carbocycles. The minimum absolute atomic E-state index is 0.114. The van der Waals surface area contributed by atoms with Crippen molar-refractivity contribution in [3.63, 3.8) is 0 Å². The fourth-order valence-electron chi connectivity index (χ4n) is 4.26. The van der Waals surface area contributed by atoms with Crippen molar-refractivity contribution in [3.8, 4) is 0 Å². The van der Waals surface area contributed by atoms with Crippen molar-refractivity contribution >= 4 is 16.0 Å². The summed E-state index contributed by atoms with van der Waals surface area (Å²) in [6.07, 6.45) is 2.82. The topological polar surface area (TPSA) is 74.7 Å². The molecule has 5 atom stereocenters. The van der Waals surface area contributed by atoms with E-state index in [0.717, 1.165) is 19.3 Å². The highest BCUT2D eigenvalue weighted by atomic mass is 32.2. The average Bonchev–Trinajstić information content (AvgIpc) is 2.88. The van der Waals surface area contributed by atoms with Gasteiger partial charge in [0.15, 0.2) is 0 Å². The van der Waals surface area contributed by atoms with Gasteiger partial charge >= 0.3 is 5.97 Å². The second-order valence-corrected chi connectivity index (χ2v) is 8.11. The summed E-state index contributed by atoms with van der Waals surface area (Å²) in [5.41, 5.74) is 0. The minimum Gasteiger partial charge on any atom is -0.481 e. The monoisotopic (exact) mass is 273 g/mol. The quantitative estimate of drug-likeness (QED) is 0.806. The molecule has 1 saturated heterocycles. The predicted octanol–water partition coefficient (Wildman–Crippen LogP) is 0.767. The van der Waals surface area contributed by atoms with Crippen molar-refractivity contribution < 1.29 is 18.3 Å². The standard InChI is InChI=1S/C12H19NO4S/c1-7-5-13(18(16,17)6-7)11-9-3-2-8(4-9)10(11)12(14)15/h7-11H,2-6H2,1H3,(H,14,15). The first kappa shape index (κ1) is 12.4. The van der Waals surface area contributed by atoms with Crippen LogP contribution in [0.2, 0.25) is 0 Å². The zero-order chi connectivity index (χ0) is 13.1. The Morgan fingerprint density at radius 2 is 1.94 bits per heavy atom. The van der Waals surface area contributed by atoms with Crippen LogP contribution in [0.4, 0.5) is 0 Å². The van der Waals surface area contributed by atoms with Gasteiger partial charge < -0.3 is 5.11 Å². The maximum absolute atomic E-state index is 12.1. The third-order valence-electron chi connectivity index (χ3n) is 4.83. The predicted molar refractivity (Wildman–Crippen MR) is 65.4 cm³/mol. The molecule has 5 nitrogen and oxygen atoms in total. The van der Waals surface area contributed by atoms with E-state index in [1.54, 1.807) is 0 Å². The Kier molecular flexibility index (Phi) is 2.71. The lowest BCUT2D eigenvalue weighted by Crippen LogP contribution is -2.47. The molecule has 3 fully saturated rings. The summed E-state index contributed by atoms with van der Waals surface area (Å²) >= 11 is 0. The molecule has 2 aliphatic carbocycles. The van der Waals surface area contributed by atoms with E-state index >= 15 is 0 Å². The van der Waals surface area contributed by atoms with Crippen LogP contribution in [0.5, 0.6) is 0 Å². The number of rotatable bonds is 2. The van der Waals surface area contributed by atoms with Gasteiger partial charge in [-0.05, 0) is 37.0 Å². The van der Waals surface area contributed by atoms with E-state index in [1.165, 1.54) is 4.31 Å². The van der Waals surface area contributed by atoms with Crippen LogP contribution in [-0.4, -0.2) is 42.1 Å². The first-order valence-electron chi connectivity index (χ1n) is 6.62. The Morgan fingerprint density at radius 3 is 2.50 bits per heavy atom. The molecular weight excluding hydrogens is 254 g/mol. The molecule has 18 heavy (non-hydrogen) atoms. The Hall–Kier alpha value is -0.620. The Morgan fingerprint density at radius 1 is 1.28 bits per heavy atom.